The molecule has 0 amide bonds. The van der Waals surface area contributed by atoms with Crippen molar-refractivity contribution in [2.24, 2.45) is 0 Å². The zero-order chi connectivity index (χ0) is 22.4. The summed E-state index contributed by atoms with van der Waals surface area (Å²) < 4.78 is 40.4. The summed E-state index contributed by atoms with van der Waals surface area (Å²) in [7, 11) is 3.95. The second-order valence-electron chi connectivity index (χ2n) is 7.07. The molecular weight excluding hydrogens is 429 g/mol. The predicted octanol–water partition coefficient (Wildman–Crippen LogP) is 5.32. The molecule has 1 aromatic carbocycles. The van der Waals surface area contributed by atoms with Gasteiger partial charge < -0.3 is 15.5 Å². The van der Waals surface area contributed by atoms with Gasteiger partial charge in [0.15, 0.2) is 0 Å². The molecule has 2 aromatic heterocycles. The van der Waals surface area contributed by atoms with Crippen LogP contribution >= 0.6 is 11.6 Å². The summed E-state index contributed by atoms with van der Waals surface area (Å²) in [5.41, 5.74) is 0.0916. The third-order valence-corrected chi connectivity index (χ3v) is 4.64. The first-order valence-corrected chi connectivity index (χ1v) is 9.92. The van der Waals surface area contributed by atoms with E-state index in [9.17, 15) is 13.2 Å². The number of aromatic nitrogens is 3. The molecule has 0 saturated carbocycles. The fourth-order valence-electron chi connectivity index (χ4n) is 2.86. The van der Waals surface area contributed by atoms with Crippen molar-refractivity contribution in [3.05, 3.63) is 59.4 Å². The van der Waals surface area contributed by atoms with Crippen LogP contribution in [0.1, 0.15) is 12.0 Å². The Hall–Kier alpha value is -2.91. The van der Waals surface area contributed by atoms with Crippen molar-refractivity contribution in [3.63, 3.8) is 0 Å². The minimum absolute atomic E-state index is 0.0585. The van der Waals surface area contributed by atoms with E-state index in [1.54, 1.807) is 24.5 Å². The third kappa shape index (κ3) is 6.28. The predicted molar refractivity (Wildman–Crippen MR) is 117 cm³/mol. The van der Waals surface area contributed by atoms with Gasteiger partial charge in [0, 0.05) is 30.6 Å². The first-order chi connectivity index (χ1) is 14.7. The number of para-hydroxylation sites is 1. The Morgan fingerprint density at radius 1 is 1.10 bits per heavy atom. The van der Waals surface area contributed by atoms with Gasteiger partial charge in [0.05, 0.1) is 22.0 Å². The van der Waals surface area contributed by atoms with Gasteiger partial charge in [-0.15, -0.1) is 0 Å². The van der Waals surface area contributed by atoms with Crippen LogP contribution in [0, 0.1) is 0 Å². The highest BCUT2D eigenvalue weighted by molar-refractivity contribution is 6.33. The van der Waals surface area contributed by atoms with E-state index in [4.69, 9.17) is 11.6 Å². The van der Waals surface area contributed by atoms with E-state index in [0.29, 0.717) is 23.8 Å². The molecule has 2 heterocycles. The van der Waals surface area contributed by atoms with Crippen molar-refractivity contribution in [1.29, 1.82) is 0 Å². The molecule has 0 bridgehead atoms. The number of hydrogen-bond donors (Lipinski definition) is 2. The van der Waals surface area contributed by atoms with Crippen molar-refractivity contribution in [1.82, 2.24) is 19.9 Å². The normalized spacial score (nSPS) is 11.6. The fourth-order valence-corrected chi connectivity index (χ4v) is 3.09. The Labute approximate surface area is 183 Å². The minimum atomic E-state index is -4.57. The molecule has 0 fully saturated rings. The monoisotopic (exact) mass is 450 g/mol. The van der Waals surface area contributed by atoms with Crippen LogP contribution in [-0.2, 0) is 6.18 Å². The molecule has 6 nitrogen and oxygen atoms in total. The van der Waals surface area contributed by atoms with Crippen molar-refractivity contribution < 1.29 is 13.2 Å². The molecule has 10 heteroatoms. The lowest BCUT2D eigenvalue weighted by Crippen LogP contribution is -2.17. The van der Waals surface area contributed by atoms with Crippen LogP contribution in [0.25, 0.3) is 11.3 Å². The largest absolute Gasteiger partial charge is 0.418 e. The highest BCUT2D eigenvalue weighted by Gasteiger charge is 2.34. The highest BCUT2D eigenvalue weighted by atomic mass is 35.5. The zero-order valence-electron chi connectivity index (χ0n) is 17.0. The van der Waals surface area contributed by atoms with E-state index in [-0.39, 0.29) is 16.5 Å². The van der Waals surface area contributed by atoms with Crippen LogP contribution in [0.3, 0.4) is 0 Å². The molecule has 0 atom stereocenters. The number of hydrogen-bond acceptors (Lipinski definition) is 6. The maximum atomic E-state index is 13.5. The average Bonchev–Trinajstić information content (AvgIpc) is 2.72. The molecular formula is C21H22ClF3N6. The van der Waals surface area contributed by atoms with Gasteiger partial charge in [-0.05, 0) is 51.3 Å². The van der Waals surface area contributed by atoms with E-state index in [1.165, 1.54) is 12.1 Å². The van der Waals surface area contributed by atoms with Gasteiger partial charge in [-0.25, -0.2) is 4.98 Å². The maximum Gasteiger partial charge on any atom is 0.418 e. The number of pyridine rings is 1. The van der Waals surface area contributed by atoms with E-state index in [2.05, 4.69) is 30.5 Å². The van der Waals surface area contributed by atoms with Crippen LogP contribution in [0.15, 0.2) is 48.8 Å². The van der Waals surface area contributed by atoms with Gasteiger partial charge in [0.25, 0.3) is 0 Å². The average molecular weight is 451 g/mol. The van der Waals surface area contributed by atoms with E-state index >= 15 is 0 Å². The Bertz CT molecular complexity index is 1010. The van der Waals surface area contributed by atoms with Crippen LogP contribution in [-0.4, -0.2) is 47.0 Å². The number of nitrogens with one attached hydrogen (secondary N) is 2. The fraction of sp³-hybridized carbons (Fsp3) is 0.286. The molecule has 31 heavy (non-hydrogen) atoms. The standard InChI is InChI=1S/C21H22ClF3N6/c1-31(2)11-5-10-27-20-28-17(14-6-4-9-26-13-14)12-18(30-20)29-19-15(21(23,24)25)7-3-8-16(19)22/h3-4,6-9,12-13H,5,10-11H2,1-2H3,(H2,27,28,29,30). The second-order valence-corrected chi connectivity index (χ2v) is 7.48. The summed E-state index contributed by atoms with van der Waals surface area (Å²) in [4.78, 5) is 15.0. The summed E-state index contributed by atoms with van der Waals surface area (Å²) >= 11 is 6.08. The lowest BCUT2D eigenvalue weighted by atomic mass is 10.1. The lowest BCUT2D eigenvalue weighted by molar-refractivity contribution is -0.136. The maximum absolute atomic E-state index is 13.5. The molecule has 0 saturated heterocycles. The quantitative estimate of drug-likeness (QED) is 0.453. The lowest BCUT2D eigenvalue weighted by Gasteiger charge is -2.17. The van der Waals surface area contributed by atoms with Gasteiger partial charge in [-0.2, -0.15) is 18.2 Å². The smallest absolute Gasteiger partial charge is 0.354 e. The summed E-state index contributed by atoms with van der Waals surface area (Å²) in [5.74, 6) is 0.478. The molecule has 0 spiro atoms. The number of rotatable bonds is 8. The minimum Gasteiger partial charge on any atom is -0.354 e. The molecule has 3 rings (SSSR count). The van der Waals surface area contributed by atoms with Crippen LogP contribution in [0.5, 0.6) is 0 Å². The number of anilines is 3. The van der Waals surface area contributed by atoms with Gasteiger partial charge in [0.1, 0.15) is 5.82 Å². The molecule has 0 radical (unpaired) electrons. The SMILES string of the molecule is CN(C)CCCNc1nc(Nc2c(Cl)cccc2C(F)(F)F)cc(-c2cccnc2)n1. The Morgan fingerprint density at radius 3 is 2.58 bits per heavy atom. The molecule has 0 aliphatic heterocycles. The van der Waals surface area contributed by atoms with Crippen molar-refractivity contribution in [2.75, 3.05) is 37.8 Å². The van der Waals surface area contributed by atoms with Crippen LogP contribution in [0.2, 0.25) is 5.02 Å². The van der Waals surface area contributed by atoms with Crippen LogP contribution < -0.4 is 10.6 Å². The summed E-state index contributed by atoms with van der Waals surface area (Å²) in [6, 6.07) is 8.75. The van der Waals surface area contributed by atoms with Crippen molar-refractivity contribution in [2.45, 2.75) is 12.6 Å². The molecule has 3 aromatic rings. The van der Waals surface area contributed by atoms with Gasteiger partial charge in [-0.3, -0.25) is 4.98 Å². The van der Waals surface area contributed by atoms with Gasteiger partial charge in [0.2, 0.25) is 5.95 Å². The topological polar surface area (TPSA) is 66.0 Å². The number of nitrogens with zero attached hydrogens (tertiary/aromatic N) is 4. The van der Waals surface area contributed by atoms with Gasteiger partial charge in [-0.1, -0.05) is 17.7 Å². The van der Waals surface area contributed by atoms with Crippen molar-refractivity contribution in [3.8, 4) is 11.3 Å². The molecule has 164 valence electrons. The van der Waals surface area contributed by atoms with Crippen molar-refractivity contribution >= 4 is 29.1 Å². The van der Waals surface area contributed by atoms with E-state index < -0.39 is 11.7 Å². The number of benzene rings is 1. The molecule has 2 N–H and O–H groups in total. The number of halogens is 4. The van der Waals surface area contributed by atoms with E-state index in [0.717, 1.165) is 19.0 Å². The molecule has 0 unspecified atom stereocenters. The Balaban J connectivity index is 1.95. The van der Waals surface area contributed by atoms with E-state index in [1.807, 2.05) is 20.2 Å². The van der Waals surface area contributed by atoms with Crippen LogP contribution in [0.4, 0.5) is 30.6 Å². The Kier molecular flexibility index (Phi) is 7.29. The second kappa shape index (κ2) is 9.93. The Morgan fingerprint density at radius 2 is 1.90 bits per heavy atom. The van der Waals surface area contributed by atoms with Gasteiger partial charge >= 0.3 is 6.18 Å². The summed E-state index contributed by atoms with van der Waals surface area (Å²) in [5, 5.41) is 5.81. The summed E-state index contributed by atoms with van der Waals surface area (Å²) in [6.07, 6.45) is -0.471. The number of alkyl halides is 3. The molecule has 0 aliphatic rings. The first-order valence-electron chi connectivity index (χ1n) is 9.55. The zero-order valence-corrected chi connectivity index (χ0v) is 17.8. The first kappa shape index (κ1) is 22.8. The highest BCUT2D eigenvalue weighted by Crippen LogP contribution is 2.40. The molecule has 0 aliphatic carbocycles. The summed E-state index contributed by atoms with van der Waals surface area (Å²) in [6.45, 7) is 1.48. The third-order valence-electron chi connectivity index (χ3n) is 4.32.